The van der Waals surface area contributed by atoms with Crippen molar-refractivity contribution in [1.82, 2.24) is 9.97 Å². The van der Waals surface area contributed by atoms with Crippen LogP contribution < -0.4 is 0 Å². The topological polar surface area (TPSA) is 46.0 Å². The Hall–Kier alpha value is -1.42. The molecule has 0 radical (unpaired) electrons. The third kappa shape index (κ3) is 1.29. The van der Waals surface area contributed by atoms with Crippen molar-refractivity contribution in [3.05, 3.63) is 29.9 Å². The lowest BCUT2D eigenvalue weighted by Crippen LogP contribution is -1.75. The Labute approximate surface area is 73.4 Å². The van der Waals surface area contributed by atoms with E-state index < -0.39 is 0 Å². The van der Waals surface area contributed by atoms with Crippen LogP contribution in [-0.2, 0) is 0 Å². The number of aromatic nitrogens is 2. The summed E-state index contributed by atoms with van der Waals surface area (Å²) in [5.74, 6) is 0.0758. The Kier molecular flexibility index (Phi) is 1.75. The zero-order chi connectivity index (χ0) is 8.39. The number of rotatable bonds is 1. The van der Waals surface area contributed by atoms with Gasteiger partial charge in [-0.3, -0.25) is 4.98 Å². The highest BCUT2D eigenvalue weighted by atomic mass is 32.1. The maximum atomic E-state index is 9.00. The molecule has 0 saturated heterocycles. The largest absolute Gasteiger partial charge is 0.493 e. The molecule has 12 heavy (non-hydrogen) atoms. The summed E-state index contributed by atoms with van der Waals surface area (Å²) in [4.78, 5) is 7.82. The Morgan fingerprint density at radius 1 is 1.25 bits per heavy atom. The van der Waals surface area contributed by atoms with Crippen molar-refractivity contribution in [2.75, 3.05) is 0 Å². The molecule has 2 rings (SSSR count). The summed E-state index contributed by atoms with van der Waals surface area (Å²) in [5, 5.41) is 11.4. The molecule has 0 unspecified atom stereocenters. The lowest BCUT2D eigenvalue weighted by Gasteiger charge is -1.91. The van der Waals surface area contributed by atoms with Crippen LogP contribution >= 0.6 is 11.3 Å². The van der Waals surface area contributed by atoms with E-state index in [1.165, 1.54) is 11.3 Å². The van der Waals surface area contributed by atoms with Gasteiger partial charge in [-0.05, 0) is 12.1 Å². The predicted molar refractivity (Wildman–Crippen MR) is 47.0 cm³/mol. The van der Waals surface area contributed by atoms with Crippen LogP contribution in [0.1, 0.15) is 0 Å². The highest BCUT2D eigenvalue weighted by Crippen LogP contribution is 2.25. The molecule has 0 aliphatic heterocycles. The van der Waals surface area contributed by atoms with Gasteiger partial charge < -0.3 is 5.11 Å². The van der Waals surface area contributed by atoms with Crippen LogP contribution in [0, 0.1) is 0 Å². The lowest BCUT2D eigenvalue weighted by atomic mass is 10.3. The average Bonchev–Trinajstić information content (AvgIpc) is 2.54. The van der Waals surface area contributed by atoms with Crippen molar-refractivity contribution in [2.24, 2.45) is 0 Å². The molecule has 0 fully saturated rings. The Bertz CT molecular complexity index is 372. The number of aromatic hydroxyl groups is 1. The zero-order valence-electron chi connectivity index (χ0n) is 6.14. The summed E-state index contributed by atoms with van der Waals surface area (Å²) in [7, 11) is 0. The standard InChI is InChI=1S/C8H6N2OS/c11-7-5-12-8(10-7)6-1-3-9-4-2-6/h1-5,11H. The normalized spacial score (nSPS) is 10.0. The molecule has 2 aromatic heterocycles. The first-order valence-corrected chi connectivity index (χ1v) is 4.29. The molecule has 0 aliphatic rings. The van der Waals surface area contributed by atoms with Gasteiger partial charge in [-0.15, -0.1) is 11.3 Å². The minimum Gasteiger partial charge on any atom is -0.493 e. The number of hydrogen-bond donors (Lipinski definition) is 1. The fourth-order valence-electron chi connectivity index (χ4n) is 0.892. The van der Waals surface area contributed by atoms with Crippen molar-refractivity contribution in [1.29, 1.82) is 0 Å². The van der Waals surface area contributed by atoms with E-state index in [9.17, 15) is 0 Å². The van der Waals surface area contributed by atoms with Gasteiger partial charge in [-0.25, -0.2) is 4.98 Å². The van der Waals surface area contributed by atoms with Gasteiger partial charge in [0.2, 0.25) is 5.88 Å². The Balaban J connectivity index is 2.45. The lowest BCUT2D eigenvalue weighted by molar-refractivity contribution is 0.458. The van der Waals surface area contributed by atoms with E-state index in [1.54, 1.807) is 17.8 Å². The molecule has 4 heteroatoms. The third-order valence-corrected chi connectivity index (χ3v) is 2.30. The van der Waals surface area contributed by atoms with Crippen LogP contribution in [0.3, 0.4) is 0 Å². The van der Waals surface area contributed by atoms with Gasteiger partial charge in [0.1, 0.15) is 5.01 Å². The molecule has 0 bridgehead atoms. The molecule has 0 aliphatic carbocycles. The van der Waals surface area contributed by atoms with Crippen LogP contribution in [-0.4, -0.2) is 15.1 Å². The van der Waals surface area contributed by atoms with Crippen LogP contribution in [0.4, 0.5) is 0 Å². The fraction of sp³-hybridized carbons (Fsp3) is 0. The van der Waals surface area contributed by atoms with Gasteiger partial charge in [0, 0.05) is 18.0 Å². The zero-order valence-corrected chi connectivity index (χ0v) is 6.95. The van der Waals surface area contributed by atoms with Gasteiger partial charge in [0.05, 0.1) is 5.38 Å². The molecule has 0 atom stereocenters. The van der Waals surface area contributed by atoms with Crippen molar-refractivity contribution in [3.63, 3.8) is 0 Å². The third-order valence-electron chi connectivity index (χ3n) is 1.42. The van der Waals surface area contributed by atoms with E-state index in [4.69, 9.17) is 5.11 Å². The molecule has 2 aromatic rings. The van der Waals surface area contributed by atoms with E-state index in [2.05, 4.69) is 9.97 Å². The molecule has 3 nitrogen and oxygen atoms in total. The van der Waals surface area contributed by atoms with Crippen LogP contribution in [0.5, 0.6) is 5.88 Å². The molecule has 1 N–H and O–H groups in total. The summed E-state index contributed by atoms with van der Waals surface area (Å²) in [6, 6.07) is 3.72. The van der Waals surface area contributed by atoms with Crippen LogP contribution in [0.25, 0.3) is 10.6 Å². The van der Waals surface area contributed by atoms with Gasteiger partial charge in [0.25, 0.3) is 0 Å². The number of pyridine rings is 1. The smallest absolute Gasteiger partial charge is 0.222 e. The van der Waals surface area contributed by atoms with E-state index >= 15 is 0 Å². The van der Waals surface area contributed by atoms with Crippen LogP contribution in [0.2, 0.25) is 0 Å². The molecule has 0 amide bonds. The van der Waals surface area contributed by atoms with E-state index in [1.807, 2.05) is 12.1 Å². The fourth-order valence-corrected chi connectivity index (χ4v) is 1.58. The number of nitrogens with zero attached hydrogens (tertiary/aromatic N) is 2. The minimum absolute atomic E-state index is 0.0758. The molecular formula is C8H6N2OS. The van der Waals surface area contributed by atoms with Crippen molar-refractivity contribution in [2.45, 2.75) is 0 Å². The molecule has 2 heterocycles. The first-order valence-electron chi connectivity index (χ1n) is 3.41. The second kappa shape index (κ2) is 2.91. The number of hydrogen-bond acceptors (Lipinski definition) is 4. The van der Waals surface area contributed by atoms with E-state index in [0.717, 1.165) is 10.6 Å². The summed E-state index contributed by atoms with van der Waals surface area (Å²) >= 11 is 1.41. The Morgan fingerprint density at radius 2 is 2.00 bits per heavy atom. The average molecular weight is 178 g/mol. The van der Waals surface area contributed by atoms with Crippen molar-refractivity contribution < 1.29 is 5.11 Å². The van der Waals surface area contributed by atoms with Crippen molar-refractivity contribution in [3.8, 4) is 16.5 Å². The van der Waals surface area contributed by atoms with Crippen LogP contribution in [0.15, 0.2) is 29.9 Å². The van der Waals surface area contributed by atoms with Gasteiger partial charge in [-0.2, -0.15) is 0 Å². The summed E-state index contributed by atoms with van der Waals surface area (Å²) in [5.41, 5.74) is 0.982. The maximum absolute atomic E-state index is 9.00. The molecule has 0 aromatic carbocycles. The van der Waals surface area contributed by atoms with Crippen molar-refractivity contribution >= 4 is 11.3 Å². The molecule has 0 saturated carbocycles. The molecule has 0 spiro atoms. The van der Waals surface area contributed by atoms with Gasteiger partial charge in [0.15, 0.2) is 0 Å². The summed E-state index contributed by atoms with van der Waals surface area (Å²) < 4.78 is 0. The first-order chi connectivity index (χ1) is 5.86. The summed E-state index contributed by atoms with van der Waals surface area (Å²) in [6.07, 6.45) is 3.40. The maximum Gasteiger partial charge on any atom is 0.222 e. The summed E-state index contributed by atoms with van der Waals surface area (Å²) in [6.45, 7) is 0. The minimum atomic E-state index is 0.0758. The second-order valence-corrected chi connectivity index (χ2v) is 3.10. The highest BCUT2D eigenvalue weighted by Gasteiger charge is 2.01. The first kappa shape index (κ1) is 7.24. The number of thiazole rings is 1. The SMILES string of the molecule is Oc1csc(-c2ccncc2)n1. The Morgan fingerprint density at radius 3 is 2.58 bits per heavy atom. The van der Waals surface area contributed by atoms with E-state index in [-0.39, 0.29) is 5.88 Å². The quantitative estimate of drug-likeness (QED) is 0.725. The second-order valence-electron chi connectivity index (χ2n) is 2.25. The molecule has 60 valence electrons. The van der Waals surface area contributed by atoms with Gasteiger partial charge in [-0.1, -0.05) is 0 Å². The highest BCUT2D eigenvalue weighted by molar-refractivity contribution is 7.13. The van der Waals surface area contributed by atoms with Gasteiger partial charge >= 0.3 is 0 Å². The van der Waals surface area contributed by atoms with E-state index in [0.29, 0.717) is 0 Å². The molecular weight excluding hydrogens is 172 g/mol. The predicted octanol–water partition coefficient (Wildman–Crippen LogP) is 1.91. The monoisotopic (exact) mass is 178 g/mol.